The van der Waals surface area contributed by atoms with Gasteiger partial charge in [-0.2, -0.15) is 4.98 Å². The second-order valence-electron chi connectivity index (χ2n) is 3.81. The van der Waals surface area contributed by atoms with Crippen molar-refractivity contribution >= 4 is 0 Å². The summed E-state index contributed by atoms with van der Waals surface area (Å²) in [4.78, 5) is 4.14. The van der Waals surface area contributed by atoms with Crippen molar-refractivity contribution in [3.8, 4) is 0 Å². The van der Waals surface area contributed by atoms with Crippen molar-refractivity contribution in [3.05, 3.63) is 11.7 Å². The highest BCUT2D eigenvalue weighted by atomic mass is 16.5. The Kier molecular flexibility index (Phi) is 3.33. The van der Waals surface area contributed by atoms with Gasteiger partial charge in [0.2, 0.25) is 5.89 Å². The van der Waals surface area contributed by atoms with Gasteiger partial charge in [0.25, 0.3) is 0 Å². The maximum Gasteiger partial charge on any atom is 0.229 e. The van der Waals surface area contributed by atoms with Gasteiger partial charge in [0.1, 0.15) is 6.10 Å². The first-order chi connectivity index (χ1) is 7.29. The van der Waals surface area contributed by atoms with Crippen LogP contribution in [0.15, 0.2) is 4.52 Å². The maximum absolute atomic E-state index is 9.49. The molecule has 2 atom stereocenters. The van der Waals surface area contributed by atoms with Crippen LogP contribution in [0.25, 0.3) is 0 Å². The first-order valence-corrected chi connectivity index (χ1v) is 5.41. The first-order valence-electron chi connectivity index (χ1n) is 5.41. The molecule has 1 aromatic rings. The number of aliphatic hydroxyl groups excluding tert-OH is 1. The molecule has 1 saturated heterocycles. The van der Waals surface area contributed by atoms with Crippen molar-refractivity contribution < 1.29 is 14.4 Å². The number of hydrogen-bond donors (Lipinski definition) is 1. The van der Waals surface area contributed by atoms with E-state index in [9.17, 15) is 5.11 Å². The molecule has 2 heterocycles. The zero-order valence-electron chi connectivity index (χ0n) is 8.85. The normalized spacial score (nSPS) is 23.2. The van der Waals surface area contributed by atoms with E-state index in [0.29, 0.717) is 24.6 Å². The lowest BCUT2D eigenvalue weighted by atomic mass is 10.2. The van der Waals surface area contributed by atoms with Gasteiger partial charge >= 0.3 is 0 Å². The molecule has 5 nitrogen and oxygen atoms in total. The monoisotopic (exact) mass is 212 g/mol. The molecular formula is C10H16N2O3. The second-order valence-corrected chi connectivity index (χ2v) is 3.81. The van der Waals surface area contributed by atoms with Crippen molar-refractivity contribution in [2.24, 2.45) is 0 Å². The van der Waals surface area contributed by atoms with E-state index in [1.807, 2.05) is 6.92 Å². The molecule has 2 unspecified atom stereocenters. The van der Waals surface area contributed by atoms with Gasteiger partial charge < -0.3 is 14.4 Å². The van der Waals surface area contributed by atoms with Gasteiger partial charge in [0.15, 0.2) is 5.82 Å². The van der Waals surface area contributed by atoms with Crippen LogP contribution in [0.2, 0.25) is 0 Å². The van der Waals surface area contributed by atoms with Crippen LogP contribution in [0, 0.1) is 0 Å². The summed E-state index contributed by atoms with van der Waals surface area (Å²) in [7, 11) is 0. The summed E-state index contributed by atoms with van der Waals surface area (Å²) in [5.41, 5.74) is 0. The van der Waals surface area contributed by atoms with Gasteiger partial charge in [-0.3, -0.25) is 0 Å². The van der Waals surface area contributed by atoms with Crippen LogP contribution in [0.4, 0.5) is 0 Å². The number of nitrogens with zero attached hydrogens (tertiary/aromatic N) is 2. The predicted octanol–water partition coefficient (Wildman–Crippen LogP) is 1.23. The van der Waals surface area contributed by atoms with Crippen LogP contribution in [0.5, 0.6) is 0 Å². The molecule has 0 amide bonds. The Morgan fingerprint density at radius 2 is 2.47 bits per heavy atom. The average Bonchev–Trinajstić information content (AvgIpc) is 2.88. The summed E-state index contributed by atoms with van der Waals surface area (Å²) in [5, 5.41) is 13.2. The molecule has 0 saturated carbocycles. The SMILES string of the molecule is CCC(O)c1noc(CC2CCCO2)n1. The summed E-state index contributed by atoms with van der Waals surface area (Å²) in [6, 6.07) is 0. The lowest BCUT2D eigenvalue weighted by Gasteiger charge is -2.03. The fourth-order valence-electron chi connectivity index (χ4n) is 1.67. The van der Waals surface area contributed by atoms with Crippen molar-refractivity contribution in [2.75, 3.05) is 6.61 Å². The molecule has 0 aliphatic carbocycles. The van der Waals surface area contributed by atoms with Gasteiger partial charge in [-0.15, -0.1) is 0 Å². The Morgan fingerprint density at radius 1 is 1.60 bits per heavy atom. The highest BCUT2D eigenvalue weighted by Crippen LogP contribution is 2.18. The Morgan fingerprint density at radius 3 is 3.13 bits per heavy atom. The molecule has 0 aromatic carbocycles. The minimum atomic E-state index is -0.619. The predicted molar refractivity (Wildman–Crippen MR) is 52.2 cm³/mol. The van der Waals surface area contributed by atoms with Gasteiger partial charge in [0, 0.05) is 6.61 Å². The summed E-state index contributed by atoms with van der Waals surface area (Å²) < 4.78 is 10.5. The second kappa shape index (κ2) is 4.72. The topological polar surface area (TPSA) is 68.4 Å². The number of aliphatic hydroxyl groups is 1. The zero-order valence-corrected chi connectivity index (χ0v) is 8.85. The van der Waals surface area contributed by atoms with Crippen LogP contribution in [-0.2, 0) is 11.2 Å². The molecule has 5 heteroatoms. The minimum Gasteiger partial charge on any atom is -0.385 e. The van der Waals surface area contributed by atoms with E-state index in [-0.39, 0.29) is 6.10 Å². The van der Waals surface area contributed by atoms with Crippen LogP contribution in [0.3, 0.4) is 0 Å². The zero-order chi connectivity index (χ0) is 10.7. The Labute approximate surface area is 88.4 Å². The van der Waals surface area contributed by atoms with Crippen molar-refractivity contribution in [1.82, 2.24) is 10.1 Å². The van der Waals surface area contributed by atoms with E-state index >= 15 is 0 Å². The third-order valence-corrected chi connectivity index (χ3v) is 2.59. The van der Waals surface area contributed by atoms with Crippen molar-refractivity contribution in [3.63, 3.8) is 0 Å². The maximum atomic E-state index is 9.49. The van der Waals surface area contributed by atoms with E-state index in [2.05, 4.69) is 10.1 Å². The molecule has 84 valence electrons. The molecule has 1 aliphatic rings. The number of hydrogen-bond acceptors (Lipinski definition) is 5. The van der Waals surface area contributed by atoms with Gasteiger partial charge in [0.05, 0.1) is 12.5 Å². The van der Waals surface area contributed by atoms with E-state index in [1.165, 1.54) is 0 Å². The van der Waals surface area contributed by atoms with E-state index in [4.69, 9.17) is 9.26 Å². The number of aromatic nitrogens is 2. The minimum absolute atomic E-state index is 0.206. The van der Waals surface area contributed by atoms with Crippen LogP contribution < -0.4 is 0 Å². The van der Waals surface area contributed by atoms with Crippen LogP contribution in [0.1, 0.15) is 44.0 Å². The fourth-order valence-corrected chi connectivity index (χ4v) is 1.67. The van der Waals surface area contributed by atoms with E-state index in [0.717, 1.165) is 19.4 Å². The first kappa shape index (κ1) is 10.6. The van der Waals surface area contributed by atoms with Crippen molar-refractivity contribution in [2.45, 2.75) is 44.8 Å². The standard InChI is InChI=1S/C10H16N2O3/c1-2-8(13)10-11-9(15-12-10)6-7-4-3-5-14-7/h7-8,13H,2-6H2,1H3. The van der Waals surface area contributed by atoms with Crippen LogP contribution >= 0.6 is 0 Å². The average molecular weight is 212 g/mol. The summed E-state index contributed by atoms with van der Waals surface area (Å²) >= 11 is 0. The highest BCUT2D eigenvalue weighted by molar-refractivity contribution is 4.92. The lowest BCUT2D eigenvalue weighted by Crippen LogP contribution is -2.09. The number of rotatable bonds is 4. The molecule has 1 aliphatic heterocycles. The molecule has 2 rings (SSSR count). The number of ether oxygens (including phenoxy) is 1. The fraction of sp³-hybridized carbons (Fsp3) is 0.800. The van der Waals surface area contributed by atoms with Gasteiger partial charge in [-0.1, -0.05) is 12.1 Å². The third-order valence-electron chi connectivity index (χ3n) is 2.59. The Hall–Kier alpha value is -0.940. The van der Waals surface area contributed by atoms with Crippen molar-refractivity contribution in [1.29, 1.82) is 0 Å². The lowest BCUT2D eigenvalue weighted by molar-refractivity contribution is 0.104. The highest BCUT2D eigenvalue weighted by Gasteiger charge is 2.20. The van der Waals surface area contributed by atoms with E-state index < -0.39 is 6.10 Å². The molecule has 0 bridgehead atoms. The van der Waals surface area contributed by atoms with Crippen LogP contribution in [-0.4, -0.2) is 28.0 Å². The molecule has 15 heavy (non-hydrogen) atoms. The Balaban J connectivity index is 1.94. The molecule has 0 radical (unpaired) electrons. The largest absolute Gasteiger partial charge is 0.385 e. The summed E-state index contributed by atoms with van der Waals surface area (Å²) in [6.45, 7) is 2.70. The molecule has 1 aromatic heterocycles. The third kappa shape index (κ3) is 2.54. The summed E-state index contributed by atoms with van der Waals surface area (Å²) in [5.74, 6) is 0.940. The molecular weight excluding hydrogens is 196 g/mol. The smallest absolute Gasteiger partial charge is 0.229 e. The summed E-state index contributed by atoms with van der Waals surface area (Å²) in [6.07, 6.45) is 2.99. The van der Waals surface area contributed by atoms with Gasteiger partial charge in [-0.25, -0.2) is 0 Å². The Bertz CT molecular complexity index is 307. The molecule has 1 N–H and O–H groups in total. The molecule has 0 spiro atoms. The molecule has 1 fully saturated rings. The quantitative estimate of drug-likeness (QED) is 0.813. The van der Waals surface area contributed by atoms with E-state index in [1.54, 1.807) is 0 Å². The van der Waals surface area contributed by atoms with Gasteiger partial charge in [-0.05, 0) is 19.3 Å².